The van der Waals surface area contributed by atoms with Crippen LogP contribution in [0.5, 0.6) is 0 Å². The van der Waals surface area contributed by atoms with Gasteiger partial charge in [-0.3, -0.25) is 0 Å². The van der Waals surface area contributed by atoms with Gasteiger partial charge in [-0.2, -0.15) is 31.0 Å². The maximum absolute atomic E-state index is 11.9. The quantitative estimate of drug-likeness (QED) is 0.650. The lowest BCUT2D eigenvalue weighted by molar-refractivity contribution is -0.131. The van der Waals surface area contributed by atoms with Crippen LogP contribution >= 0.6 is 11.3 Å². The zero-order valence-electron chi connectivity index (χ0n) is 10.3. The van der Waals surface area contributed by atoms with Gasteiger partial charge in [-0.05, 0) is 18.2 Å². The largest absolute Gasteiger partial charge is 0.478 e. The third-order valence-corrected chi connectivity index (χ3v) is 4.07. The molecule has 11 heteroatoms. The third-order valence-electron chi connectivity index (χ3n) is 1.97. The van der Waals surface area contributed by atoms with Crippen molar-refractivity contribution in [3.05, 3.63) is 28.0 Å². The van der Waals surface area contributed by atoms with E-state index in [1.807, 2.05) is 4.72 Å². The second kappa shape index (κ2) is 7.02. The molecule has 0 aromatic carbocycles. The Bertz CT molecular complexity index is 622. The highest BCUT2D eigenvalue weighted by molar-refractivity contribution is 7.87. The normalized spacial score (nSPS) is 12.9. The number of carboxylic acids is 1. The van der Waals surface area contributed by atoms with Crippen LogP contribution < -0.4 is 9.44 Å². The lowest BCUT2D eigenvalue weighted by Crippen LogP contribution is -2.41. The molecule has 0 aliphatic rings. The first kappa shape index (κ1) is 17.6. The topological polar surface area (TPSA) is 95.5 Å². The number of rotatable bonds is 7. The number of halogens is 3. The van der Waals surface area contributed by atoms with Crippen molar-refractivity contribution in [2.45, 2.75) is 12.7 Å². The minimum Gasteiger partial charge on any atom is -0.478 e. The summed E-state index contributed by atoms with van der Waals surface area (Å²) in [6.45, 7) is -1.85. The Kier molecular flexibility index (Phi) is 5.89. The van der Waals surface area contributed by atoms with Crippen LogP contribution in [0.1, 0.15) is 9.75 Å². The second-order valence-corrected chi connectivity index (χ2v) is 6.52. The molecule has 0 fully saturated rings. The van der Waals surface area contributed by atoms with E-state index in [4.69, 9.17) is 5.11 Å². The van der Waals surface area contributed by atoms with Gasteiger partial charge in [0, 0.05) is 22.4 Å². The summed E-state index contributed by atoms with van der Waals surface area (Å²) >= 11 is 1.11. The number of thiophene rings is 1. The van der Waals surface area contributed by atoms with Gasteiger partial charge in [0.2, 0.25) is 0 Å². The predicted molar refractivity (Wildman–Crippen MR) is 70.8 cm³/mol. The summed E-state index contributed by atoms with van der Waals surface area (Å²) in [5.74, 6) is -1.12. The molecule has 6 nitrogen and oxygen atoms in total. The SMILES string of the molecule is O=C(O)/C=C/c1ccc(CNS(=O)(=O)NCC(F)(F)F)s1. The van der Waals surface area contributed by atoms with E-state index in [1.165, 1.54) is 10.8 Å². The fourth-order valence-electron chi connectivity index (χ4n) is 1.13. The molecule has 1 aromatic rings. The van der Waals surface area contributed by atoms with Crippen LogP contribution in [0.25, 0.3) is 6.08 Å². The van der Waals surface area contributed by atoms with E-state index in [-0.39, 0.29) is 6.54 Å². The van der Waals surface area contributed by atoms with Crippen LogP contribution in [-0.2, 0) is 21.5 Å². The fourth-order valence-corrected chi connectivity index (χ4v) is 2.87. The molecule has 1 heterocycles. The van der Waals surface area contributed by atoms with Gasteiger partial charge in [-0.1, -0.05) is 0 Å². The Morgan fingerprint density at radius 1 is 1.33 bits per heavy atom. The van der Waals surface area contributed by atoms with Crippen LogP contribution in [0, 0.1) is 0 Å². The van der Waals surface area contributed by atoms with Gasteiger partial charge in [0.05, 0.1) is 0 Å². The zero-order valence-corrected chi connectivity index (χ0v) is 12.0. The summed E-state index contributed by atoms with van der Waals surface area (Å²) < 4.78 is 61.5. The second-order valence-electron chi connectivity index (χ2n) is 3.74. The van der Waals surface area contributed by atoms with Gasteiger partial charge in [0.25, 0.3) is 10.2 Å². The summed E-state index contributed by atoms with van der Waals surface area (Å²) in [5.41, 5.74) is 0. The third kappa shape index (κ3) is 7.80. The van der Waals surface area contributed by atoms with Crippen molar-refractivity contribution in [3.8, 4) is 0 Å². The predicted octanol–water partition coefficient (Wildman–Crippen LogP) is 1.33. The number of nitrogens with one attached hydrogen (secondary N) is 2. The molecule has 21 heavy (non-hydrogen) atoms. The number of carboxylic acid groups (broad SMARTS) is 1. The Hall–Kier alpha value is -1.43. The van der Waals surface area contributed by atoms with E-state index in [0.29, 0.717) is 9.75 Å². The van der Waals surface area contributed by atoms with Crippen LogP contribution in [0.3, 0.4) is 0 Å². The highest BCUT2D eigenvalue weighted by Gasteiger charge is 2.29. The van der Waals surface area contributed by atoms with E-state index in [1.54, 1.807) is 12.1 Å². The highest BCUT2D eigenvalue weighted by atomic mass is 32.2. The highest BCUT2D eigenvalue weighted by Crippen LogP contribution is 2.18. The number of alkyl halides is 3. The van der Waals surface area contributed by atoms with Gasteiger partial charge < -0.3 is 5.11 Å². The molecule has 0 radical (unpaired) electrons. The van der Waals surface area contributed by atoms with Crippen molar-refractivity contribution in [2.24, 2.45) is 0 Å². The van der Waals surface area contributed by atoms with Gasteiger partial charge in [-0.25, -0.2) is 4.79 Å². The van der Waals surface area contributed by atoms with Crippen molar-refractivity contribution in [1.82, 2.24) is 9.44 Å². The molecular weight excluding hydrogens is 333 g/mol. The Morgan fingerprint density at radius 3 is 2.57 bits per heavy atom. The first-order chi connectivity index (χ1) is 9.57. The standard InChI is InChI=1S/C10H11F3N2O4S2/c11-10(12,13)6-15-21(18,19)14-5-8-2-1-7(20-8)3-4-9(16)17/h1-4,14-15H,5-6H2,(H,16,17)/b4-3+. The average Bonchev–Trinajstić information content (AvgIpc) is 2.79. The maximum atomic E-state index is 11.9. The van der Waals surface area contributed by atoms with E-state index < -0.39 is 28.9 Å². The first-order valence-corrected chi connectivity index (χ1v) is 7.68. The molecule has 0 unspecified atom stereocenters. The molecule has 0 spiro atoms. The molecule has 118 valence electrons. The summed E-state index contributed by atoms with van der Waals surface area (Å²) in [6.07, 6.45) is -2.38. The minimum absolute atomic E-state index is 0.196. The number of aliphatic carboxylic acids is 1. The van der Waals surface area contributed by atoms with Gasteiger partial charge in [-0.15, -0.1) is 11.3 Å². The van der Waals surface area contributed by atoms with Gasteiger partial charge >= 0.3 is 12.1 Å². The van der Waals surface area contributed by atoms with Crippen LogP contribution in [0.4, 0.5) is 13.2 Å². The molecule has 0 saturated carbocycles. The Morgan fingerprint density at radius 2 is 2.00 bits per heavy atom. The number of carbonyl (C=O) groups is 1. The average molecular weight is 344 g/mol. The number of hydrogen-bond donors (Lipinski definition) is 3. The molecule has 0 saturated heterocycles. The van der Waals surface area contributed by atoms with Crippen molar-refractivity contribution < 1.29 is 31.5 Å². The number of hydrogen-bond acceptors (Lipinski definition) is 4. The molecule has 0 aliphatic carbocycles. The molecule has 0 atom stereocenters. The Balaban J connectivity index is 2.53. The Labute approximate surface area is 122 Å². The minimum atomic E-state index is -4.63. The van der Waals surface area contributed by atoms with E-state index in [0.717, 1.165) is 17.4 Å². The summed E-state index contributed by atoms with van der Waals surface area (Å²) in [4.78, 5) is 11.4. The van der Waals surface area contributed by atoms with Crippen molar-refractivity contribution in [1.29, 1.82) is 0 Å². The molecule has 1 rings (SSSR count). The van der Waals surface area contributed by atoms with Crippen molar-refractivity contribution in [3.63, 3.8) is 0 Å². The summed E-state index contributed by atoms with van der Waals surface area (Å²) in [5, 5.41) is 8.44. The van der Waals surface area contributed by atoms with Crippen LogP contribution in [-0.4, -0.2) is 32.2 Å². The molecule has 0 amide bonds. The van der Waals surface area contributed by atoms with Gasteiger partial charge in [0.1, 0.15) is 6.54 Å². The van der Waals surface area contributed by atoms with E-state index in [9.17, 15) is 26.4 Å². The van der Waals surface area contributed by atoms with Crippen molar-refractivity contribution >= 4 is 33.6 Å². The fraction of sp³-hybridized carbons (Fsp3) is 0.300. The lowest BCUT2D eigenvalue weighted by atomic mass is 10.4. The lowest BCUT2D eigenvalue weighted by Gasteiger charge is -2.09. The van der Waals surface area contributed by atoms with E-state index in [2.05, 4.69) is 0 Å². The molecule has 3 N–H and O–H groups in total. The maximum Gasteiger partial charge on any atom is 0.402 e. The van der Waals surface area contributed by atoms with E-state index >= 15 is 0 Å². The van der Waals surface area contributed by atoms with Gasteiger partial charge in [0.15, 0.2) is 0 Å². The zero-order chi connectivity index (χ0) is 16.1. The first-order valence-electron chi connectivity index (χ1n) is 5.38. The summed E-state index contributed by atoms with van der Waals surface area (Å²) in [7, 11) is -4.25. The van der Waals surface area contributed by atoms with Crippen LogP contribution in [0.2, 0.25) is 0 Å². The smallest absolute Gasteiger partial charge is 0.402 e. The summed E-state index contributed by atoms with van der Waals surface area (Å²) in [6, 6.07) is 3.11. The molecule has 0 aliphatic heterocycles. The monoisotopic (exact) mass is 344 g/mol. The molecular formula is C10H11F3N2O4S2. The molecule has 1 aromatic heterocycles. The van der Waals surface area contributed by atoms with Crippen LogP contribution in [0.15, 0.2) is 18.2 Å². The van der Waals surface area contributed by atoms with Crippen molar-refractivity contribution in [2.75, 3.05) is 6.54 Å². The molecule has 0 bridgehead atoms.